The first-order chi connectivity index (χ1) is 10.6. The van der Waals surface area contributed by atoms with E-state index >= 15 is 0 Å². The average molecular weight is 325 g/mol. The van der Waals surface area contributed by atoms with Crippen molar-refractivity contribution in [2.45, 2.75) is 26.3 Å². The molecule has 0 radical (unpaired) electrons. The van der Waals surface area contributed by atoms with Crippen LogP contribution >= 0.6 is 11.6 Å². The van der Waals surface area contributed by atoms with E-state index in [0.717, 1.165) is 5.56 Å². The second-order valence-electron chi connectivity index (χ2n) is 5.26. The van der Waals surface area contributed by atoms with E-state index in [-0.39, 0.29) is 17.9 Å². The summed E-state index contributed by atoms with van der Waals surface area (Å²) in [6, 6.07) is 7.30. The molecule has 1 aliphatic heterocycles. The van der Waals surface area contributed by atoms with Gasteiger partial charge in [-0.3, -0.25) is 4.79 Å². The van der Waals surface area contributed by atoms with Crippen molar-refractivity contribution in [3.8, 4) is 0 Å². The van der Waals surface area contributed by atoms with Gasteiger partial charge in [0.25, 0.3) is 0 Å². The number of amides is 2. The highest BCUT2D eigenvalue weighted by Gasteiger charge is 2.28. The quantitative estimate of drug-likeness (QED) is 0.866. The summed E-state index contributed by atoms with van der Waals surface area (Å²) in [6.07, 6.45) is 1.30. The highest BCUT2D eigenvalue weighted by atomic mass is 35.5. The van der Waals surface area contributed by atoms with Crippen LogP contribution in [0.15, 0.2) is 24.3 Å². The molecule has 0 bridgehead atoms. The van der Waals surface area contributed by atoms with Crippen molar-refractivity contribution in [1.82, 2.24) is 10.2 Å². The van der Waals surface area contributed by atoms with Gasteiger partial charge in [-0.25, -0.2) is 4.79 Å². The van der Waals surface area contributed by atoms with Crippen LogP contribution in [0, 0.1) is 5.92 Å². The monoisotopic (exact) mass is 324 g/mol. The molecule has 1 aromatic rings. The predicted molar refractivity (Wildman–Crippen MR) is 84.6 cm³/mol. The van der Waals surface area contributed by atoms with E-state index in [1.54, 1.807) is 17.9 Å². The summed E-state index contributed by atoms with van der Waals surface area (Å²) in [5.74, 6) is -0.244. The van der Waals surface area contributed by atoms with Crippen molar-refractivity contribution in [1.29, 1.82) is 0 Å². The third kappa shape index (κ3) is 4.37. The van der Waals surface area contributed by atoms with E-state index in [1.165, 1.54) is 0 Å². The zero-order valence-corrected chi connectivity index (χ0v) is 13.4. The molecule has 0 unspecified atom stereocenters. The summed E-state index contributed by atoms with van der Waals surface area (Å²) in [5.41, 5.74) is 0.888. The molecular formula is C16H21ClN2O3. The Bertz CT molecular complexity index is 528. The van der Waals surface area contributed by atoms with Crippen molar-refractivity contribution in [3.63, 3.8) is 0 Å². The third-order valence-corrected chi connectivity index (χ3v) is 4.16. The van der Waals surface area contributed by atoms with E-state index in [2.05, 4.69) is 5.32 Å². The first-order valence-electron chi connectivity index (χ1n) is 7.54. The van der Waals surface area contributed by atoms with Crippen LogP contribution in [0.2, 0.25) is 5.02 Å². The van der Waals surface area contributed by atoms with Gasteiger partial charge < -0.3 is 15.0 Å². The number of hydrogen-bond acceptors (Lipinski definition) is 3. The lowest BCUT2D eigenvalue weighted by Crippen LogP contribution is -2.45. The minimum Gasteiger partial charge on any atom is -0.466 e. The zero-order valence-electron chi connectivity index (χ0n) is 12.7. The van der Waals surface area contributed by atoms with Crippen LogP contribution < -0.4 is 5.32 Å². The molecule has 0 spiro atoms. The minimum atomic E-state index is -0.154. The fourth-order valence-electron chi connectivity index (χ4n) is 2.50. The number of esters is 1. The van der Waals surface area contributed by atoms with Crippen LogP contribution in [-0.4, -0.2) is 36.6 Å². The number of urea groups is 1. The molecule has 1 saturated heterocycles. The predicted octanol–water partition coefficient (Wildman–Crippen LogP) is 2.82. The Morgan fingerprint density at radius 1 is 1.32 bits per heavy atom. The molecule has 0 atom stereocenters. The molecule has 22 heavy (non-hydrogen) atoms. The van der Waals surface area contributed by atoms with E-state index < -0.39 is 0 Å². The highest BCUT2D eigenvalue weighted by Crippen LogP contribution is 2.19. The number of benzene rings is 1. The molecule has 1 aliphatic rings. The Morgan fingerprint density at radius 3 is 2.64 bits per heavy atom. The molecule has 0 aromatic heterocycles. The van der Waals surface area contributed by atoms with Crippen molar-refractivity contribution in [2.75, 3.05) is 19.7 Å². The largest absolute Gasteiger partial charge is 0.466 e. The van der Waals surface area contributed by atoms with Gasteiger partial charge in [0.1, 0.15) is 0 Å². The topological polar surface area (TPSA) is 58.6 Å². The number of halogens is 1. The van der Waals surface area contributed by atoms with Crippen LogP contribution in [-0.2, 0) is 16.1 Å². The highest BCUT2D eigenvalue weighted by molar-refractivity contribution is 6.31. The molecule has 1 aromatic carbocycles. The first-order valence-corrected chi connectivity index (χ1v) is 7.92. The van der Waals surface area contributed by atoms with Crippen LogP contribution in [0.4, 0.5) is 4.79 Å². The SMILES string of the molecule is CCOC(=O)C1CCN(C(=O)NCc2ccccc2Cl)CC1. The van der Waals surface area contributed by atoms with Crippen LogP contribution in [0.5, 0.6) is 0 Å². The summed E-state index contributed by atoms with van der Waals surface area (Å²) in [6.45, 7) is 3.73. The van der Waals surface area contributed by atoms with Crippen LogP contribution in [0.25, 0.3) is 0 Å². The van der Waals surface area contributed by atoms with E-state index in [9.17, 15) is 9.59 Å². The maximum absolute atomic E-state index is 12.1. The summed E-state index contributed by atoms with van der Waals surface area (Å²) < 4.78 is 5.02. The van der Waals surface area contributed by atoms with Crippen molar-refractivity contribution in [3.05, 3.63) is 34.9 Å². The van der Waals surface area contributed by atoms with Crippen molar-refractivity contribution >= 4 is 23.6 Å². The van der Waals surface area contributed by atoms with Crippen molar-refractivity contribution < 1.29 is 14.3 Å². The van der Waals surface area contributed by atoms with E-state index in [0.29, 0.717) is 44.1 Å². The molecule has 1 fully saturated rings. The van der Waals surface area contributed by atoms with E-state index in [1.807, 2.05) is 18.2 Å². The fraction of sp³-hybridized carbons (Fsp3) is 0.500. The van der Waals surface area contributed by atoms with Gasteiger partial charge in [0.15, 0.2) is 0 Å². The normalized spacial score (nSPS) is 15.5. The van der Waals surface area contributed by atoms with Crippen LogP contribution in [0.3, 0.4) is 0 Å². The van der Waals surface area contributed by atoms with Gasteiger partial charge in [-0.2, -0.15) is 0 Å². The Morgan fingerprint density at radius 2 is 2.00 bits per heavy atom. The maximum atomic E-state index is 12.1. The van der Waals surface area contributed by atoms with Gasteiger partial charge in [-0.15, -0.1) is 0 Å². The molecule has 6 heteroatoms. The Kier molecular flexibility index (Phi) is 6.07. The third-order valence-electron chi connectivity index (χ3n) is 3.79. The lowest BCUT2D eigenvalue weighted by atomic mass is 9.97. The number of hydrogen-bond donors (Lipinski definition) is 1. The number of rotatable bonds is 4. The minimum absolute atomic E-state index is 0.0902. The molecule has 120 valence electrons. The maximum Gasteiger partial charge on any atom is 0.317 e. The molecule has 1 N–H and O–H groups in total. The first kappa shape index (κ1) is 16.6. The molecule has 2 amide bonds. The summed E-state index contributed by atoms with van der Waals surface area (Å²) in [7, 11) is 0. The average Bonchev–Trinajstić information content (AvgIpc) is 2.54. The Labute approximate surface area is 135 Å². The summed E-state index contributed by atoms with van der Waals surface area (Å²) in [5, 5.41) is 3.51. The molecule has 0 aliphatic carbocycles. The van der Waals surface area contributed by atoms with Gasteiger partial charge in [-0.05, 0) is 31.4 Å². The second kappa shape index (κ2) is 8.03. The van der Waals surface area contributed by atoms with Gasteiger partial charge in [-0.1, -0.05) is 29.8 Å². The van der Waals surface area contributed by atoms with Gasteiger partial charge in [0.05, 0.1) is 12.5 Å². The lowest BCUT2D eigenvalue weighted by molar-refractivity contribution is -0.149. The number of nitrogens with zero attached hydrogens (tertiary/aromatic N) is 1. The number of piperidine rings is 1. The molecular weight excluding hydrogens is 304 g/mol. The number of likely N-dealkylation sites (tertiary alicyclic amines) is 1. The van der Waals surface area contributed by atoms with Gasteiger partial charge in [0.2, 0.25) is 0 Å². The molecule has 2 rings (SSSR count). The van der Waals surface area contributed by atoms with Gasteiger partial charge in [0, 0.05) is 24.7 Å². The van der Waals surface area contributed by atoms with Crippen LogP contribution in [0.1, 0.15) is 25.3 Å². The number of carbonyl (C=O) groups is 2. The Balaban J connectivity index is 1.78. The summed E-state index contributed by atoms with van der Waals surface area (Å²) in [4.78, 5) is 25.5. The second-order valence-corrected chi connectivity index (χ2v) is 5.67. The lowest BCUT2D eigenvalue weighted by Gasteiger charge is -2.30. The smallest absolute Gasteiger partial charge is 0.317 e. The molecule has 1 heterocycles. The number of nitrogens with one attached hydrogen (secondary N) is 1. The standard InChI is InChI=1S/C16H21ClN2O3/c1-2-22-15(20)12-7-9-19(10-8-12)16(21)18-11-13-5-3-4-6-14(13)17/h3-6,12H,2,7-11H2,1H3,(H,18,21). The van der Waals surface area contributed by atoms with Gasteiger partial charge >= 0.3 is 12.0 Å². The summed E-state index contributed by atoms with van der Waals surface area (Å²) >= 11 is 6.06. The number of ether oxygens (including phenoxy) is 1. The van der Waals surface area contributed by atoms with Crippen molar-refractivity contribution in [2.24, 2.45) is 5.92 Å². The number of carbonyl (C=O) groups excluding carboxylic acids is 2. The Hall–Kier alpha value is -1.75. The van der Waals surface area contributed by atoms with E-state index in [4.69, 9.17) is 16.3 Å². The fourth-order valence-corrected chi connectivity index (χ4v) is 2.71. The zero-order chi connectivity index (χ0) is 15.9. The molecule has 0 saturated carbocycles. The molecule has 5 nitrogen and oxygen atoms in total.